The average molecular weight is 433 g/mol. The van der Waals surface area contributed by atoms with E-state index < -0.39 is 17.3 Å². The van der Waals surface area contributed by atoms with Crippen LogP contribution in [0.4, 0.5) is 5.69 Å². The summed E-state index contributed by atoms with van der Waals surface area (Å²) >= 11 is 1.10. The summed E-state index contributed by atoms with van der Waals surface area (Å²) in [5.41, 5.74) is 1.14. The van der Waals surface area contributed by atoms with Gasteiger partial charge in [-0.25, -0.2) is 0 Å². The van der Waals surface area contributed by atoms with Crippen molar-refractivity contribution in [2.75, 3.05) is 39.1 Å². The van der Waals surface area contributed by atoms with Crippen molar-refractivity contribution >= 4 is 29.3 Å². The fourth-order valence-electron chi connectivity index (χ4n) is 3.46. The van der Waals surface area contributed by atoms with Gasteiger partial charge in [-0.05, 0) is 29.8 Å². The van der Waals surface area contributed by atoms with Crippen molar-refractivity contribution in [3.05, 3.63) is 42.0 Å². The lowest BCUT2D eigenvalue weighted by atomic mass is 9.99. The highest BCUT2D eigenvalue weighted by Crippen LogP contribution is 2.44. The molecule has 0 aromatic heterocycles. The molecule has 1 fully saturated rings. The summed E-state index contributed by atoms with van der Waals surface area (Å²) in [6.45, 7) is 0. The molecule has 1 heterocycles. The van der Waals surface area contributed by atoms with Crippen molar-refractivity contribution in [3.63, 3.8) is 0 Å². The number of carbonyl (C=O) groups excluding carboxylic acids is 1. The van der Waals surface area contributed by atoms with E-state index in [1.54, 1.807) is 36.4 Å². The first kappa shape index (κ1) is 21.6. The molecule has 1 N–H and O–H groups in total. The minimum atomic E-state index is -1.00. The third-order valence-electron chi connectivity index (χ3n) is 4.86. The Bertz CT molecular complexity index is 949. The summed E-state index contributed by atoms with van der Waals surface area (Å²) in [5.74, 6) is 0.767. The number of rotatable bonds is 7. The predicted octanol–water partition coefficient (Wildman–Crippen LogP) is 3.00. The van der Waals surface area contributed by atoms with Gasteiger partial charge in [0.05, 0.1) is 40.2 Å². The van der Waals surface area contributed by atoms with E-state index in [9.17, 15) is 14.7 Å². The molecule has 0 radical (unpaired) electrons. The van der Waals surface area contributed by atoms with E-state index in [2.05, 4.69) is 0 Å². The molecule has 1 aliphatic rings. The number of methoxy groups -OCH3 is 4. The molecule has 2 unspecified atom stereocenters. The molecular formula is C21H23NO7S. The molecule has 1 amide bonds. The van der Waals surface area contributed by atoms with Crippen LogP contribution in [0.2, 0.25) is 0 Å². The van der Waals surface area contributed by atoms with Crippen LogP contribution >= 0.6 is 11.8 Å². The molecule has 0 saturated carbocycles. The molecule has 1 saturated heterocycles. The van der Waals surface area contributed by atoms with Gasteiger partial charge in [-0.3, -0.25) is 9.59 Å². The zero-order valence-electron chi connectivity index (χ0n) is 17.1. The van der Waals surface area contributed by atoms with Gasteiger partial charge in [-0.2, -0.15) is 0 Å². The van der Waals surface area contributed by atoms with Crippen LogP contribution < -0.4 is 23.8 Å². The molecular weight excluding hydrogens is 410 g/mol. The van der Waals surface area contributed by atoms with Crippen LogP contribution in [0.5, 0.6) is 23.0 Å². The van der Waals surface area contributed by atoms with Gasteiger partial charge in [0.1, 0.15) is 5.25 Å². The topological polar surface area (TPSA) is 94.5 Å². The monoisotopic (exact) mass is 433 g/mol. The number of carbonyl (C=O) groups is 2. The molecule has 1 aliphatic heterocycles. The first-order valence-corrected chi connectivity index (χ1v) is 10.1. The van der Waals surface area contributed by atoms with Crippen LogP contribution in [0.25, 0.3) is 0 Å². The molecule has 9 heteroatoms. The second kappa shape index (κ2) is 9.17. The minimum absolute atomic E-state index is 0.0507. The quantitative estimate of drug-likeness (QED) is 0.712. The van der Waals surface area contributed by atoms with Gasteiger partial charge in [0, 0.05) is 11.8 Å². The predicted molar refractivity (Wildman–Crippen MR) is 113 cm³/mol. The molecule has 160 valence electrons. The first-order valence-electron chi connectivity index (χ1n) is 9.05. The highest BCUT2D eigenvalue weighted by Gasteiger charge is 2.42. The van der Waals surface area contributed by atoms with Crippen LogP contribution in [0.15, 0.2) is 36.4 Å². The Balaban J connectivity index is 2.15. The van der Waals surface area contributed by atoms with Crippen molar-refractivity contribution in [1.29, 1.82) is 0 Å². The number of carboxylic acids is 1. The summed E-state index contributed by atoms with van der Waals surface area (Å²) in [6, 6.07) is 9.45. The lowest BCUT2D eigenvalue weighted by molar-refractivity contribution is -0.137. The highest BCUT2D eigenvalue weighted by atomic mass is 32.2. The smallest absolute Gasteiger partial charge is 0.319 e. The van der Waals surface area contributed by atoms with Gasteiger partial charge in [-0.1, -0.05) is 6.07 Å². The molecule has 0 bridgehead atoms. The van der Waals surface area contributed by atoms with Crippen LogP contribution in [0, 0.1) is 0 Å². The molecule has 30 heavy (non-hydrogen) atoms. The molecule has 0 aliphatic carbocycles. The van der Waals surface area contributed by atoms with Crippen LogP contribution in [0.3, 0.4) is 0 Å². The van der Waals surface area contributed by atoms with Crippen molar-refractivity contribution in [3.8, 4) is 23.0 Å². The first-order chi connectivity index (χ1) is 14.4. The lowest BCUT2D eigenvalue weighted by Crippen LogP contribution is -2.48. The van der Waals surface area contributed by atoms with E-state index >= 15 is 0 Å². The number of hydrogen-bond donors (Lipinski definition) is 1. The summed E-state index contributed by atoms with van der Waals surface area (Å²) in [7, 11) is 6.05. The van der Waals surface area contributed by atoms with Crippen molar-refractivity contribution in [2.45, 2.75) is 11.3 Å². The van der Waals surface area contributed by atoms with Gasteiger partial charge >= 0.3 is 5.97 Å². The Morgan fingerprint density at radius 1 is 0.933 bits per heavy atom. The Labute approximate surface area is 178 Å². The highest BCUT2D eigenvalue weighted by molar-refractivity contribution is 8.01. The Hall–Kier alpha value is -3.07. The average Bonchev–Trinajstić information content (AvgIpc) is 2.77. The Morgan fingerprint density at radius 3 is 2.07 bits per heavy atom. The minimum Gasteiger partial charge on any atom is -0.493 e. The molecule has 3 rings (SSSR count). The van der Waals surface area contributed by atoms with Gasteiger partial charge in [0.15, 0.2) is 23.0 Å². The largest absolute Gasteiger partial charge is 0.493 e. The zero-order valence-corrected chi connectivity index (χ0v) is 17.9. The number of benzene rings is 2. The summed E-state index contributed by atoms with van der Waals surface area (Å²) < 4.78 is 21.3. The Morgan fingerprint density at radius 2 is 1.50 bits per heavy atom. The van der Waals surface area contributed by atoms with Gasteiger partial charge in [0.25, 0.3) is 0 Å². The molecule has 8 nitrogen and oxygen atoms in total. The van der Waals surface area contributed by atoms with E-state index in [1.807, 2.05) is 0 Å². The van der Waals surface area contributed by atoms with Gasteiger partial charge in [0.2, 0.25) is 5.91 Å². The van der Waals surface area contributed by atoms with E-state index in [-0.39, 0.29) is 11.7 Å². The SMILES string of the molecule is COc1ccc(C2C(C(=O)O)SCC(=O)N2c2ccc(OC)c(OC)c2)cc1OC. The standard InChI is InChI=1S/C21H23NO7S/c1-26-14-7-5-12(9-16(14)28-3)19-20(21(24)25)30-11-18(23)22(19)13-6-8-15(27-2)17(10-13)29-4/h5-10,19-20H,11H2,1-4H3,(H,24,25). The van der Waals surface area contributed by atoms with Crippen molar-refractivity contribution in [1.82, 2.24) is 0 Å². The number of hydrogen-bond acceptors (Lipinski definition) is 7. The Kier molecular flexibility index (Phi) is 6.61. The lowest BCUT2D eigenvalue weighted by Gasteiger charge is -2.39. The zero-order chi connectivity index (χ0) is 21.8. The summed E-state index contributed by atoms with van der Waals surface area (Å²) in [5, 5.41) is 9.00. The normalized spacial score (nSPS) is 18.7. The van der Waals surface area contributed by atoms with E-state index in [0.717, 1.165) is 11.8 Å². The van der Waals surface area contributed by atoms with E-state index in [4.69, 9.17) is 18.9 Å². The van der Waals surface area contributed by atoms with Crippen molar-refractivity contribution in [2.24, 2.45) is 0 Å². The van der Waals surface area contributed by atoms with Gasteiger partial charge < -0.3 is 29.0 Å². The third kappa shape index (κ3) is 3.97. The number of aliphatic carboxylic acids is 1. The van der Waals surface area contributed by atoms with E-state index in [1.165, 1.54) is 33.3 Å². The van der Waals surface area contributed by atoms with Gasteiger partial charge in [-0.15, -0.1) is 11.8 Å². The van der Waals surface area contributed by atoms with Crippen molar-refractivity contribution < 1.29 is 33.6 Å². The molecule has 0 spiro atoms. The molecule has 2 aromatic carbocycles. The number of thioether (sulfide) groups is 1. The number of nitrogens with zero attached hydrogens (tertiary/aromatic N) is 1. The maximum atomic E-state index is 13.0. The third-order valence-corrected chi connectivity index (χ3v) is 6.09. The fourth-order valence-corrected chi connectivity index (χ4v) is 4.52. The molecule has 2 atom stereocenters. The molecule has 2 aromatic rings. The maximum absolute atomic E-state index is 13.0. The number of ether oxygens (including phenoxy) is 4. The van der Waals surface area contributed by atoms with Crippen LogP contribution in [-0.2, 0) is 9.59 Å². The van der Waals surface area contributed by atoms with Crippen LogP contribution in [-0.4, -0.2) is 56.4 Å². The number of amides is 1. The second-order valence-corrected chi connectivity index (χ2v) is 7.56. The maximum Gasteiger partial charge on any atom is 0.319 e. The number of carboxylic acid groups (broad SMARTS) is 1. The number of anilines is 1. The fraction of sp³-hybridized carbons (Fsp3) is 0.333. The summed E-state index contributed by atoms with van der Waals surface area (Å²) in [4.78, 5) is 26.5. The second-order valence-electron chi connectivity index (χ2n) is 6.43. The van der Waals surface area contributed by atoms with E-state index in [0.29, 0.717) is 34.2 Å². The van der Waals surface area contributed by atoms with Crippen LogP contribution in [0.1, 0.15) is 11.6 Å². The summed E-state index contributed by atoms with van der Waals surface area (Å²) in [6.07, 6.45) is 0.